The molecular formula is C19H25N. The summed E-state index contributed by atoms with van der Waals surface area (Å²) in [5, 5.41) is 0. The summed E-state index contributed by atoms with van der Waals surface area (Å²) in [5.41, 5.74) is 2.59. The number of hydrogen-bond acceptors (Lipinski definition) is 1. The Labute approximate surface area is 123 Å². The quantitative estimate of drug-likeness (QED) is 0.613. The minimum absolute atomic E-state index is 0.579. The van der Waals surface area contributed by atoms with Gasteiger partial charge in [0.2, 0.25) is 0 Å². The third kappa shape index (κ3) is 3.63. The molecule has 0 unspecified atom stereocenters. The molecule has 1 heteroatoms. The molecule has 0 aliphatic rings. The van der Waals surface area contributed by atoms with Crippen LogP contribution in [-0.2, 0) is 0 Å². The van der Waals surface area contributed by atoms with Crippen LogP contribution in [-0.4, -0.2) is 6.04 Å². The highest BCUT2D eigenvalue weighted by Gasteiger charge is 2.18. The number of hydrogen-bond donors (Lipinski definition) is 0. The molecule has 0 aliphatic carbocycles. The fourth-order valence-electron chi connectivity index (χ4n) is 2.82. The molecule has 0 heterocycles. The predicted octanol–water partition coefficient (Wildman–Crippen LogP) is 5.79. The Morgan fingerprint density at radius 3 is 1.45 bits per heavy atom. The normalized spacial score (nSPS) is 10.8. The fourth-order valence-corrected chi connectivity index (χ4v) is 2.82. The van der Waals surface area contributed by atoms with E-state index in [4.69, 9.17) is 0 Å². The predicted molar refractivity (Wildman–Crippen MR) is 88.6 cm³/mol. The van der Waals surface area contributed by atoms with E-state index < -0.39 is 0 Å². The number of rotatable bonds is 7. The zero-order valence-corrected chi connectivity index (χ0v) is 12.6. The van der Waals surface area contributed by atoms with Gasteiger partial charge < -0.3 is 4.90 Å². The van der Waals surface area contributed by atoms with Gasteiger partial charge in [0, 0.05) is 17.4 Å². The Morgan fingerprint density at radius 2 is 1.10 bits per heavy atom. The summed E-state index contributed by atoms with van der Waals surface area (Å²) in [7, 11) is 0. The van der Waals surface area contributed by atoms with Crippen LogP contribution in [0.5, 0.6) is 0 Å². The molecule has 2 rings (SSSR count). The second-order valence-electron chi connectivity index (χ2n) is 5.27. The molecule has 0 saturated heterocycles. The maximum atomic E-state index is 2.51. The summed E-state index contributed by atoms with van der Waals surface area (Å²) < 4.78 is 0. The average Bonchev–Trinajstić information content (AvgIpc) is 2.50. The fraction of sp³-hybridized carbons (Fsp3) is 0.368. The number of nitrogens with zero attached hydrogens (tertiary/aromatic N) is 1. The summed E-state index contributed by atoms with van der Waals surface area (Å²) >= 11 is 0. The molecule has 2 aromatic rings. The second-order valence-corrected chi connectivity index (χ2v) is 5.27. The first-order chi connectivity index (χ1) is 9.86. The van der Waals surface area contributed by atoms with Gasteiger partial charge >= 0.3 is 0 Å². The molecular weight excluding hydrogens is 242 g/mol. The molecule has 106 valence electrons. The lowest BCUT2D eigenvalue weighted by Crippen LogP contribution is -2.30. The van der Waals surface area contributed by atoms with Gasteiger partial charge in [0.25, 0.3) is 0 Å². The summed E-state index contributed by atoms with van der Waals surface area (Å²) in [5.74, 6) is 0. The van der Waals surface area contributed by atoms with Gasteiger partial charge in [-0.1, -0.05) is 63.1 Å². The van der Waals surface area contributed by atoms with Gasteiger partial charge in [-0.05, 0) is 37.1 Å². The van der Waals surface area contributed by atoms with Crippen molar-refractivity contribution < 1.29 is 0 Å². The van der Waals surface area contributed by atoms with E-state index in [1.165, 1.54) is 37.1 Å². The summed E-state index contributed by atoms with van der Waals surface area (Å²) in [4.78, 5) is 2.51. The smallest absolute Gasteiger partial charge is 0.0413 e. The maximum absolute atomic E-state index is 2.51. The monoisotopic (exact) mass is 267 g/mol. The third-order valence-corrected chi connectivity index (χ3v) is 3.68. The Morgan fingerprint density at radius 1 is 0.700 bits per heavy atom. The van der Waals surface area contributed by atoms with E-state index in [-0.39, 0.29) is 0 Å². The topological polar surface area (TPSA) is 3.24 Å². The van der Waals surface area contributed by atoms with Crippen LogP contribution in [0.25, 0.3) is 0 Å². The lowest BCUT2D eigenvalue weighted by atomic mass is 10.0. The van der Waals surface area contributed by atoms with Gasteiger partial charge in [0.15, 0.2) is 0 Å². The van der Waals surface area contributed by atoms with Crippen molar-refractivity contribution in [2.24, 2.45) is 0 Å². The molecule has 0 aromatic heterocycles. The minimum atomic E-state index is 0.579. The van der Waals surface area contributed by atoms with Crippen molar-refractivity contribution >= 4 is 11.4 Å². The van der Waals surface area contributed by atoms with Crippen LogP contribution in [0.4, 0.5) is 11.4 Å². The van der Waals surface area contributed by atoms with E-state index in [0.717, 1.165) is 0 Å². The molecule has 0 spiro atoms. The standard InChI is InChI=1S/C19H25N/c1-3-11-17(12-4-2)20(18-13-7-5-8-14-18)19-15-9-6-10-16-19/h5-10,13-17H,3-4,11-12H2,1-2H3. The molecule has 20 heavy (non-hydrogen) atoms. The summed E-state index contributed by atoms with van der Waals surface area (Å²) in [6, 6.07) is 22.1. The van der Waals surface area contributed by atoms with Crippen LogP contribution >= 0.6 is 0 Å². The van der Waals surface area contributed by atoms with Gasteiger partial charge in [-0.2, -0.15) is 0 Å². The highest BCUT2D eigenvalue weighted by molar-refractivity contribution is 5.63. The van der Waals surface area contributed by atoms with E-state index in [9.17, 15) is 0 Å². The number of para-hydroxylation sites is 2. The highest BCUT2D eigenvalue weighted by Crippen LogP contribution is 2.30. The second kappa shape index (κ2) is 7.74. The first-order valence-corrected chi connectivity index (χ1v) is 7.76. The average molecular weight is 267 g/mol. The minimum Gasteiger partial charge on any atom is -0.338 e. The molecule has 0 fully saturated rings. The zero-order chi connectivity index (χ0) is 14.2. The number of anilines is 2. The molecule has 0 amide bonds. The van der Waals surface area contributed by atoms with Gasteiger partial charge in [-0.3, -0.25) is 0 Å². The van der Waals surface area contributed by atoms with Gasteiger partial charge in [0.1, 0.15) is 0 Å². The largest absolute Gasteiger partial charge is 0.338 e. The Kier molecular flexibility index (Phi) is 5.67. The zero-order valence-electron chi connectivity index (χ0n) is 12.6. The molecule has 2 aromatic carbocycles. The van der Waals surface area contributed by atoms with E-state index in [2.05, 4.69) is 79.4 Å². The first-order valence-electron chi connectivity index (χ1n) is 7.76. The van der Waals surface area contributed by atoms with E-state index in [0.29, 0.717) is 6.04 Å². The lowest BCUT2D eigenvalue weighted by Gasteiger charge is -2.34. The van der Waals surface area contributed by atoms with Crippen LogP contribution in [0.2, 0.25) is 0 Å². The Balaban J connectivity index is 2.38. The Bertz CT molecular complexity index is 432. The van der Waals surface area contributed by atoms with Crippen LogP contribution in [0.3, 0.4) is 0 Å². The summed E-state index contributed by atoms with van der Waals surface area (Å²) in [6.07, 6.45) is 4.91. The van der Waals surface area contributed by atoms with Crippen LogP contribution < -0.4 is 4.90 Å². The van der Waals surface area contributed by atoms with Crippen molar-refractivity contribution in [1.29, 1.82) is 0 Å². The molecule has 0 saturated carbocycles. The highest BCUT2D eigenvalue weighted by atomic mass is 15.2. The van der Waals surface area contributed by atoms with Gasteiger partial charge in [-0.25, -0.2) is 0 Å². The van der Waals surface area contributed by atoms with Crippen molar-refractivity contribution in [3.05, 3.63) is 60.7 Å². The van der Waals surface area contributed by atoms with E-state index in [1.54, 1.807) is 0 Å². The van der Waals surface area contributed by atoms with Crippen molar-refractivity contribution in [3.8, 4) is 0 Å². The van der Waals surface area contributed by atoms with Crippen LogP contribution in [0.15, 0.2) is 60.7 Å². The molecule has 1 nitrogen and oxygen atoms in total. The molecule has 0 N–H and O–H groups in total. The van der Waals surface area contributed by atoms with Crippen molar-refractivity contribution in [1.82, 2.24) is 0 Å². The Hall–Kier alpha value is -1.76. The SMILES string of the molecule is CCCC(CCC)N(c1ccccc1)c1ccccc1. The molecule has 0 aliphatic heterocycles. The van der Waals surface area contributed by atoms with Crippen molar-refractivity contribution in [2.75, 3.05) is 4.90 Å². The van der Waals surface area contributed by atoms with Crippen LogP contribution in [0.1, 0.15) is 39.5 Å². The van der Waals surface area contributed by atoms with E-state index in [1.807, 2.05) is 0 Å². The lowest BCUT2D eigenvalue weighted by molar-refractivity contribution is 0.542. The number of benzene rings is 2. The molecule has 0 atom stereocenters. The maximum Gasteiger partial charge on any atom is 0.0413 e. The first kappa shape index (κ1) is 14.6. The van der Waals surface area contributed by atoms with E-state index >= 15 is 0 Å². The van der Waals surface area contributed by atoms with Gasteiger partial charge in [-0.15, -0.1) is 0 Å². The summed E-state index contributed by atoms with van der Waals surface area (Å²) in [6.45, 7) is 4.55. The molecule has 0 bridgehead atoms. The molecule has 0 radical (unpaired) electrons. The van der Waals surface area contributed by atoms with Crippen molar-refractivity contribution in [2.45, 2.75) is 45.6 Å². The van der Waals surface area contributed by atoms with Crippen molar-refractivity contribution in [3.63, 3.8) is 0 Å². The van der Waals surface area contributed by atoms with Gasteiger partial charge in [0.05, 0.1) is 0 Å². The van der Waals surface area contributed by atoms with Crippen LogP contribution in [0, 0.1) is 0 Å². The third-order valence-electron chi connectivity index (χ3n) is 3.68.